The van der Waals surface area contributed by atoms with E-state index in [4.69, 9.17) is 5.41 Å². The molecule has 1 aromatic carbocycles. The van der Waals surface area contributed by atoms with Crippen molar-refractivity contribution in [3.05, 3.63) is 42.0 Å². The van der Waals surface area contributed by atoms with Gasteiger partial charge in [-0.05, 0) is 17.2 Å². The molecule has 2 rings (SSSR count). The van der Waals surface area contributed by atoms with E-state index < -0.39 is 0 Å². The molecule has 0 fully saturated rings. The molecule has 0 radical (unpaired) electrons. The molecule has 1 N–H and O–H groups in total. The number of hydrogen-bond acceptors (Lipinski definition) is 2. The lowest BCUT2D eigenvalue weighted by molar-refractivity contribution is 1.48. The van der Waals surface area contributed by atoms with Crippen LogP contribution in [-0.4, -0.2) is 17.2 Å². The first-order chi connectivity index (χ1) is 6.36. The van der Waals surface area contributed by atoms with E-state index in [9.17, 15) is 0 Å². The third-order valence-electron chi connectivity index (χ3n) is 2.01. The van der Waals surface area contributed by atoms with Crippen molar-refractivity contribution in [3.8, 4) is 0 Å². The summed E-state index contributed by atoms with van der Waals surface area (Å²) >= 11 is 1.81. The topological polar surface area (TPSA) is 23.9 Å². The average molecular weight is 189 g/mol. The van der Waals surface area contributed by atoms with E-state index in [0.29, 0.717) is 0 Å². The summed E-state index contributed by atoms with van der Waals surface area (Å²) < 4.78 is 0. The molecule has 1 aromatic rings. The molecule has 2 heteroatoms. The Morgan fingerprint density at radius 3 is 2.54 bits per heavy atom. The Morgan fingerprint density at radius 1 is 1.08 bits per heavy atom. The Hall–Kier alpha value is -1.02. The first-order valence-electron chi connectivity index (χ1n) is 4.27. The van der Waals surface area contributed by atoms with Crippen LogP contribution in [0.4, 0.5) is 0 Å². The Bertz CT molecular complexity index is 340. The minimum absolute atomic E-state index is 0.732. The van der Waals surface area contributed by atoms with Crippen LogP contribution in [0, 0.1) is 5.41 Å². The van der Waals surface area contributed by atoms with Gasteiger partial charge in [-0.2, -0.15) is 11.8 Å². The fourth-order valence-electron chi connectivity index (χ4n) is 1.38. The van der Waals surface area contributed by atoms with Crippen LogP contribution in [-0.2, 0) is 0 Å². The van der Waals surface area contributed by atoms with Gasteiger partial charge in [-0.15, -0.1) is 0 Å². The fraction of sp³-hybridized carbons (Fsp3) is 0.182. The summed E-state index contributed by atoms with van der Waals surface area (Å²) in [5.74, 6) is 1.89. The van der Waals surface area contributed by atoms with Crippen LogP contribution >= 0.6 is 11.8 Å². The van der Waals surface area contributed by atoms with Crippen LogP contribution in [0.3, 0.4) is 0 Å². The number of nitrogens with one attached hydrogen (secondary N) is 1. The van der Waals surface area contributed by atoms with Crippen molar-refractivity contribution in [2.75, 3.05) is 11.5 Å². The normalized spacial score (nSPS) is 16.9. The van der Waals surface area contributed by atoms with Gasteiger partial charge in [0.05, 0.1) is 0 Å². The minimum atomic E-state index is 0.732. The van der Waals surface area contributed by atoms with Crippen LogP contribution < -0.4 is 0 Å². The molecular weight excluding hydrogens is 178 g/mol. The van der Waals surface area contributed by atoms with Gasteiger partial charge in [0.2, 0.25) is 0 Å². The van der Waals surface area contributed by atoms with Crippen molar-refractivity contribution in [3.63, 3.8) is 0 Å². The molecule has 1 nitrogen and oxygen atoms in total. The van der Waals surface area contributed by atoms with E-state index in [-0.39, 0.29) is 0 Å². The number of rotatable bonds is 1. The zero-order chi connectivity index (χ0) is 9.10. The first-order valence-corrected chi connectivity index (χ1v) is 5.43. The third-order valence-corrected chi connectivity index (χ3v) is 3.04. The van der Waals surface area contributed by atoms with Gasteiger partial charge in [0.25, 0.3) is 0 Å². The van der Waals surface area contributed by atoms with Crippen LogP contribution in [0.1, 0.15) is 5.56 Å². The maximum Gasteiger partial charge on any atom is 0.0416 e. The van der Waals surface area contributed by atoms with Gasteiger partial charge in [-0.3, -0.25) is 0 Å². The largest absolute Gasteiger partial charge is 0.304 e. The summed E-state index contributed by atoms with van der Waals surface area (Å²) in [4.78, 5) is 0. The second-order valence-corrected chi connectivity index (χ2v) is 4.04. The van der Waals surface area contributed by atoms with E-state index in [0.717, 1.165) is 17.2 Å². The summed E-state index contributed by atoms with van der Waals surface area (Å²) in [6.45, 7) is 0. The molecule has 1 heterocycles. The molecule has 0 spiro atoms. The molecule has 0 aliphatic carbocycles. The Morgan fingerprint density at radius 2 is 1.85 bits per heavy atom. The summed E-state index contributed by atoms with van der Waals surface area (Å²) in [6.07, 6.45) is 1.99. The van der Waals surface area contributed by atoms with Gasteiger partial charge in [0.1, 0.15) is 0 Å². The standard InChI is InChI=1S/C11H11NS/c12-11-6-10(7-13-8-11)9-4-2-1-3-5-9/h1-6,12H,7-8H2. The number of allylic oxidation sites excluding steroid dienone is 1. The smallest absolute Gasteiger partial charge is 0.0416 e. The van der Waals surface area contributed by atoms with E-state index in [2.05, 4.69) is 12.1 Å². The van der Waals surface area contributed by atoms with Crippen molar-refractivity contribution in [2.45, 2.75) is 0 Å². The summed E-state index contributed by atoms with van der Waals surface area (Å²) in [5, 5.41) is 7.57. The lowest BCUT2D eigenvalue weighted by Crippen LogP contribution is -2.05. The maximum absolute atomic E-state index is 7.57. The number of hydrogen-bond donors (Lipinski definition) is 1. The predicted molar refractivity (Wildman–Crippen MR) is 59.5 cm³/mol. The molecule has 13 heavy (non-hydrogen) atoms. The van der Waals surface area contributed by atoms with Crippen LogP contribution in [0.2, 0.25) is 0 Å². The second kappa shape index (κ2) is 3.79. The van der Waals surface area contributed by atoms with Crippen LogP contribution in [0.5, 0.6) is 0 Å². The highest BCUT2D eigenvalue weighted by atomic mass is 32.2. The van der Waals surface area contributed by atoms with Gasteiger partial charge in [0, 0.05) is 17.2 Å². The molecule has 0 atom stereocenters. The molecule has 0 bridgehead atoms. The highest BCUT2D eigenvalue weighted by molar-refractivity contribution is 8.00. The zero-order valence-corrected chi connectivity index (χ0v) is 8.10. The minimum Gasteiger partial charge on any atom is -0.304 e. The Balaban J connectivity index is 2.31. The lowest BCUT2D eigenvalue weighted by atomic mass is 10.1. The van der Waals surface area contributed by atoms with Gasteiger partial charge >= 0.3 is 0 Å². The van der Waals surface area contributed by atoms with Gasteiger partial charge in [-0.1, -0.05) is 30.3 Å². The van der Waals surface area contributed by atoms with Crippen molar-refractivity contribution >= 4 is 23.0 Å². The van der Waals surface area contributed by atoms with Crippen molar-refractivity contribution in [1.29, 1.82) is 5.41 Å². The van der Waals surface area contributed by atoms with E-state index in [1.807, 2.05) is 36.0 Å². The molecule has 0 unspecified atom stereocenters. The van der Waals surface area contributed by atoms with Crippen molar-refractivity contribution in [2.24, 2.45) is 0 Å². The average Bonchev–Trinajstić information content (AvgIpc) is 2.19. The first kappa shape index (κ1) is 8.57. The molecule has 0 saturated heterocycles. The molecular formula is C11H11NS. The van der Waals surface area contributed by atoms with Crippen molar-refractivity contribution < 1.29 is 0 Å². The Labute approximate surface area is 82.4 Å². The molecule has 0 saturated carbocycles. The van der Waals surface area contributed by atoms with Crippen LogP contribution in [0.15, 0.2) is 36.4 Å². The predicted octanol–water partition coefficient (Wildman–Crippen LogP) is 2.84. The molecule has 0 aromatic heterocycles. The maximum atomic E-state index is 7.57. The highest BCUT2D eigenvalue weighted by Gasteiger charge is 2.08. The van der Waals surface area contributed by atoms with Crippen molar-refractivity contribution in [1.82, 2.24) is 0 Å². The number of benzene rings is 1. The van der Waals surface area contributed by atoms with E-state index >= 15 is 0 Å². The van der Waals surface area contributed by atoms with E-state index in [1.54, 1.807) is 0 Å². The van der Waals surface area contributed by atoms with Gasteiger partial charge < -0.3 is 5.41 Å². The number of thioether (sulfide) groups is 1. The molecule has 66 valence electrons. The van der Waals surface area contributed by atoms with Crippen LogP contribution in [0.25, 0.3) is 5.57 Å². The highest BCUT2D eigenvalue weighted by Crippen LogP contribution is 2.23. The summed E-state index contributed by atoms with van der Waals surface area (Å²) in [5.41, 5.74) is 3.26. The Kier molecular flexibility index (Phi) is 2.50. The summed E-state index contributed by atoms with van der Waals surface area (Å²) in [6, 6.07) is 10.3. The SMILES string of the molecule is N=C1C=C(c2ccccc2)CSC1. The molecule has 0 amide bonds. The zero-order valence-electron chi connectivity index (χ0n) is 7.29. The molecule has 1 aliphatic rings. The quantitative estimate of drug-likeness (QED) is 0.721. The van der Waals surface area contributed by atoms with Gasteiger partial charge in [-0.25, -0.2) is 0 Å². The lowest BCUT2D eigenvalue weighted by Gasteiger charge is -2.12. The summed E-state index contributed by atoms with van der Waals surface area (Å²) in [7, 11) is 0. The van der Waals surface area contributed by atoms with E-state index in [1.165, 1.54) is 11.1 Å². The third kappa shape index (κ3) is 2.01. The monoisotopic (exact) mass is 189 g/mol. The fourth-order valence-corrected chi connectivity index (χ4v) is 2.26. The van der Waals surface area contributed by atoms with Gasteiger partial charge in [0.15, 0.2) is 0 Å². The second-order valence-electron chi connectivity index (χ2n) is 3.05. The molecule has 1 aliphatic heterocycles.